The summed E-state index contributed by atoms with van der Waals surface area (Å²) in [6.45, 7) is 0.328. The molecule has 31 heavy (non-hydrogen) atoms. The second-order valence-electron chi connectivity index (χ2n) is 7.81. The monoisotopic (exact) mass is 428 g/mol. The molecule has 0 spiro atoms. The smallest absolute Gasteiger partial charge is 0.340 e. The number of carbonyl (C=O) groups excluding carboxylic acids is 1. The Labute approximate surface area is 176 Å². The Hall–Kier alpha value is -3.43. The Morgan fingerprint density at radius 2 is 1.94 bits per heavy atom. The minimum Gasteiger partial charge on any atom is -0.340 e. The lowest BCUT2D eigenvalue weighted by Crippen LogP contribution is -2.61. The van der Waals surface area contributed by atoms with Crippen molar-refractivity contribution in [3.05, 3.63) is 48.9 Å². The van der Waals surface area contributed by atoms with Crippen molar-refractivity contribution in [2.75, 3.05) is 23.4 Å². The van der Waals surface area contributed by atoms with Gasteiger partial charge in [-0.3, -0.25) is 9.36 Å². The molecule has 1 fully saturated rings. The van der Waals surface area contributed by atoms with Crippen LogP contribution in [0.3, 0.4) is 0 Å². The van der Waals surface area contributed by atoms with E-state index in [1.807, 2.05) is 30.3 Å². The van der Waals surface area contributed by atoms with Crippen LogP contribution in [0.25, 0.3) is 17.3 Å². The normalized spacial score (nSPS) is 20.7. The molecule has 7 nitrogen and oxygen atoms in total. The molecule has 0 radical (unpaired) electrons. The van der Waals surface area contributed by atoms with Gasteiger partial charge in [-0.15, -0.1) is 0 Å². The van der Waals surface area contributed by atoms with Crippen molar-refractivity contribution in [3.8, 4) is 17.3 Å². The highest BCUT2D eigenvalue weighted by Crippen LogP contribution is 2.48. The SMILES string of the molecule is CN1C(=O)C2(CC(F)(F)F)CCCN2c2nc(-n3ccnc3-c3ccccc3)ncc21. The third-order valence-electron chi connectivity index (χ3n) is 5.93. The number of alkyl halides is 3. The number of carbonyl (C=O) groups is 1. The van der Waals surface area contributed by atoms with E-state index in [9.17, 15) is 18.0 Å². The van der Waals surface area contributed by atoms with E-state index in [1.54, 1.807) is 17.0 Å². The number of anilines is 2. The molecule has 2 aliphatic heterocycles. The van der Waals surface area contributed by atoms with Crippen molar-refractivity contribution >= 4 is 17.4 Å². The summed E-state index contributed by atoms with van der Waals surface area (Å²) in [5, 5.41) is 0. The zero-order chi connectivity index (χ0) is 21.8. The van der Waals surface area contributed by atoms with E-state index in [0.29, 0.717) is 30.3 Å². The second-order valence-corrected chi connectivity index (χ2v) is 7.81. The van der Waals surface area contributed by atoms with Gasteiger partial charge >= 0.3 is 6.18 Å². The quantitative estimate of drug-likeness (QED) is 0.638. The maximum Gasteiger partial charge on any atom is 0.391 e. The first-order chi connectivity index (χ1) is 14.8. The summed E-state index contributed by atoms with van der Waals surface area (Å²) < 4.78 is 42.0. The number of rotatable bonds is 3. The van der Waals surface area contributed by atoms with Gasteiger partial charge in [0, 0.05) is 31.5 Å². The van der Waals surface area contributed by atoms with Crippen LogP contribution in [0.4, 0.5) is 24.7 Å². The molecule has 1 amide bonds. The summed E-state index contributed by atoms with van der Waals surface area (Å²) in [6.07, 6.45) is -0.261. The number of fused-ring (bicyclic) bond motifs is 3. The molecular formula is C21H19F3N6O. The zero-order valence-corrected chi connectivity index (χ0v) is 16.7. The van der Waals surface area contributed by atoms with Gasteiger partial charge in [-0.25, -0.2) is 9.97 Å². The molecule has 1 saturated heterocycles. The maximum atomic E-state index is 13.5. The van der Waals surface area contributed by atoms with Crippen molar-refractivity contribution in [3.63, 3.8) is 0 Å². The minimum atomic E-state index is -4.47. The van der Waals surface area contributed by atoms with Crippen LogP contribution >= 0.6 is 0 Å². The molecule has 0 bridgehead atoms. The van der Waals surface area contributed by atoms with Crippen molar-refractivity contribution in [1.29, 1.82) is 0 Å². The van der Waals surface area contributed by atoms with Gasteiger partial charge in [0.1, 0.15) is 17.1 Å². The van der Waals surface area contributed by atoms with Crippen molar-refractivity contribution < 1.29 is 18.0 Å². The van der Waals surface area contributed by atoms with Crippen LogP contribution in [0.5, 0.6) is 0 Å². The summed E-state index contributed by atoms with van der Waals surface area (Å²) in [7, 11) is 1.48. The van der Waals surface area contributed by atoms with E-state index in [-0.39, 0.29) is 12.4 Å². The Morgan fingerprint density at radius 1 is 1.16 bits per heavy atom. The van der Waals surface area contributed by atoms with Crippen LogP contribution in [0.15, 0.2) is 48.9 Å². The standard InChI is InChI=1S/C21H19F3N6O/c1-28-15-12-26-19(29-11-9-25-16(29)14-6-3-2-4-7-14)27-17(15)30-10-5-8-20(30,18(28)31)13-21(22,23)24/h2-4,6-7,9,11-12H,5,8,10,13H2,1H3. The molecule has 4 heterocycles. The molecule has 1 unspecified atom stereocenters. The van der Waals surface area contributed by atoms with Gasteiger partial charge in [0.05, 0.1) is 12.6 Å². The van der Waals surface area contributed by atoms with Crippen molar-refractivity contribution in [2.24, 2.45) is 0 Å². The van der Waals surface area contributed by atoms with Gasteiger partial charge in [0.15, 0.2) is 5.82 Å². The zero-order valence-electron chi connectivity index (χ0n) is 16.7. The number of nitrogens with zero attached hydrogens (tertiary/aromatic N) is 6. The average Bonchev–Trinajstić information content (AvgIpc) is 3.39. The summed E-state index contributed by atoms with van der Waals surface area (Å²) in [5.41, 5.74) is -0.411. The fraction of sp³-hybridized carbons (Fsp3) is 0.333. The van der Waals surface area contributed by atoms with E-state index >= 15 is 0 Å². The number of imidazole rings is 1. The number of amides is 1. The lowest BCUT2D eigenvalue weighted by molar-refractivity contribution is -0.156. The highest BCUT2D eigenvalue weighted by Gasteiger charge is 2.58. The highest BCUT2D eigenvalue weighted by molar-refractivity contribution is 6.07. The Morgan fingerprint density at radius 3 is 2.68 bits per heavy atom. The van der Waals surface area contributed by atoms with Crippen LogP contribution in [0.2, 0.25) is 0 Å². The highest BCUT2D eigenvalue weighted by atomic mass is 19.4. The molecule has 2 aromatic heterocycles. The number of hydrogen-bond donors (Lipinski definition) is 0. The molecule has 160 valence electrons. The van der Waals surface area contributed by atoms with Crippen molar-refractivity contribution in [2.45, 2.75) is 31.0 Å². The number of hydrogen-bond acceptors (Lipinski definition) is 5. The number of aromatic nitrogens is 4. The molecule has 1 aromatic carbocycles. The molecule has 10 heteroatoms. The number of likely N-dealkylation sites (N-methyl/N-ethyl adjacent to an activating group) is 1. The molecule has 5 rings (SSSR count). The van der Waals surface area contributed by atoms with Gasteiger partial charge in [0.2, 0.25) is 5.95 Å². The van der Waals surface area contributed by atoms with E-state index in [0.717, 1.165) is 5.56 Å². The summed E-state index contributed by atoms with van der Waals surface area (Å²) in [4.78, 5) is 29.2. The first-order valence-electron chi connectivity index (χ1n) is 9.89. The molecule has 3 aromatic rings. The van der Waals surface area contributed by atoms with Gasteiger partial charge in [-0.05, 0) is 12.8 Å². The Balaban J connectivity index is 1.63. The molecule has 0 N–H and O–H groups in total. The van der Waals surface area contributed by atoms with Gasteiger partial charge in [-0.2, -0.15) is 18.2 Å². The molecule has 0 saturated carbocycles. The summed E-state index contributed by atoms with van der Waals surface area (Å²) in [6, 6.07) is 9.47. The third kappa shape index (κ3) is 3.05. The fourth-order valence-electron chi connectivity index (χ4n) is 4.60. The first-order valence-corrected chi connectivity index (χ1v) is 9.89. The lowest BCUT2D eigenvalue weighted by Gasteiger charge is -2.45. The van der Waals surface area contributed by atoms with E-state index in [2.05, 4.69) is 15.0 Å². The first kappa shape index (κ1) is 19.5. The number of halogens is 3. The van der Waals surface area contributed by atoms with Crippen LogP contribution < -0.4 is 9.80 Å². The molecular weight excluding hydrogens is 409 g/mol. The predicted octanol–water partition coefficient (Wildman–Crippen LogP) is 3.60. The van der Waals surface area contributed by atoms with Crippen molar-refractivity contribution in [1.82, 2.24) is 19.5 Å². The van der Waals surface area contributed by atoms with E-state index < -0.39 is 24.0 Å². The Kier molecular flexibility index (Phi) is 4.28. The minimum absolute atomic E-state index is 0.134. The van der Waals surface area contributed by atoms with Crippen LogP contribution in [-0.2, 0) is 4.79 Å². The predicted molar refractivity (Wildman–Crippen MR) is 108 cm³/mol. The lowest BCUT2D eigenvalue weighted by atomic mass is 9.88. The number of benzene rings is 1. The topological polar surface area (TPSA) is 67.2 Å². The Bertz CT molecular complexity index is 1150. The average molecular weight is 428 g/mol. The molecule has 2 aliphatic rings. The fourth-order valence-corrected chi connectivity index (χ4v) is 4.60. The summed E-state index contributed by atoms with van der Waals surface area (Å²) in [5.74, 6) is 0.662. The van der Waals surface area contributed by atoms with Crippen LogP contribution in [-0.4, -0.2) is 50.7 Å². The van der Waals surface area contributed by atoms with Crippen LogP contribution in [0, 0.1) is 0 Å². The molecule has 1 atom stereocenters. The largest absolute Gasteiger partial charge is 0.391 e. The second kappa shape index (κ2) is 6.79. The van der Waals surface area contributed by atoms with E-state index in [1.165, 1.54) is 23.0 Å². The van der Waals surface area contributed by atoms with E-state index in [4.69, 9.17) is 0 Å². The summed E-state index contributed by atoms with van der Waals surface area (Å²) >= 11 is 0. The maximum absolute atomic E-state index is 13.5. The van der Waals surface area contributed by atoms with Gasteiger partial charge in [-0.1, -0.05) is 30.3 Å². The van der Waals surface area contributed by atoms with Gasteiger partial charge < -0.3 is 9.80 Å². The van der Waals surface area contributed by atoms with Gasteiger partial charge in [0.25, 0.3) is 5.91 Å². The van der Waals surface area contributed by atoms with Crippen LogP contribution in [0.1, 0.15) is 19.3 Å². The third-order valence-corrected chi connectivity index (χ3v) is 5.93. The molecule has 0 aliphatic carbocycles.